The quantitative estimate of drug-likeness (QED) is 0.681. The number of carbonyl (C=O) groups excluding carboxylic acids is 1. The Morgan fingerprint density at radius 3 is 2.46 bits per heavy atom. The van der Waals surface area contributed by atoms with Crippen LogP contribution in [0.1, 0.15) is 10.4 Å². The second-order valence-corrected chi connectivity index (χ2v) is 5.96. The third-order valence-electron chi connectivity index (χ3n) is 4.21. The van der Waals surface area contributed by atoms with Crippen LogP contribution in [0, 0.1) is 0 Å². The van der Waals surface area contributed by atoms with Crippen LogP contribution in [0.3, 0.4) is 0 Å². The van der Waals surface area contributed by atoms with Crippen molar-refractivity contribution in [3.63, 3.8) is 0 Å². The highest BCUT2D eigenvalue weighted by Crippen LogP contribution is 2.19. The minimum Gasteiger partial charge on any atom is -0.497 e. The van der Waals surface area contributed by atoms with E-state index in [-0.39, 0.29) is 24.6 Å². The van der Waals surface area contributed by atoms with Crippen molar-refractivity contribution < 1.29 is 14.3 Å². The van der Waals surface area contributed by atoms with Crippen LogP contribution in [0.4, 0.5) is 0 Å². The van der Waals surface area contributed by atoms with Crippen LogP contribution in [-0.2, 0) is 6.54 Å². The first-order valence-electron chi connectivity index (χ1n) is 8.76. The van der Waals surface area contributed by atoms with E-state index >= 15 is 0 Å². The summed E-state index contributed by atoms with van der Waals surface area (Å²) in [7, 11) is 3.12. The molecule has 0 radical (unpaired) electrons. The minimum atomic E-state index is -0.267. The second kappa shape index (κ2) is 8.85. The maximum absolute atomic E-state index is 12.3. The summed E-state index contributed by atoms with van der Waals surface area (Å²) in [6.07, 6.45) is 0. The normalized spacial score (nSPS) is 10.4. The van der Waals surface area contributed by atoms with Crippen LogP contribution in [0.25, 0.3) is 11.3 Å². The summed E-state index contributed by atoms with van der Waals surface area (Å²) in [5.74, 6) is 0.977. The number of hydrogen-bond acceptors (Lipinski definition) is 5. The molecule has 0 unspecified atom stereocenters. The Morgan fingerprint density at radius 1 is 1.00 bits per heavy atom. The van der Waals surface area contributed by atoms with Crippen molar-refractivity contribution in [3.05, 3.63) is 76.6 Å². The number of rotatable bonds is 7. The van der Waals surface area contributed by atoms with Gasteiger partial charge in [-0.2, -0.15) is 5.10 Å². The van der Waals surface area contributed by atoms with Gasteiger partial charge in [-0.25, -0.2) is 4.68 Å². The summed E-state index contributed by atoms with van der Waals surface area (Å²) in [5.41, 5.74) is 1.74. The summed E-state index contributed by atoms with van der Waals surface area (Å²) in [5, 5.41) is 7.18. The molecule has 7 nitrogen and oxygen atoms in total. The maximum Gasteiger partial charge on any atom is 0.266 e. The number of carbonyl (C=O) groups is 1. The molecule has 0 aliphatic heterocycles. The van der Waals surface area contributed by atoms with E-state index in [9.17, 15) is 9.59 Å². The number of nitrogens with one attached hydrogen (secondary N) is 1. The third-order valence-corrected chi connectivity index (χ3v) is 4.21. The average molecular weight is 379 g/mol. The Morgan fingerprint density at radius 2 is 1.75 bits per heavy atom. The smallest absolute Gasteiger partial charge is 0.266 e. The van der Waals surface area contributed by atoms with Gasteiger partial charge in [0.2, 0.25) is 0 Å². The zero-order valence-corrected chi connectivity index (χ0v) is 15.7. The van der Waals surface area contributed by atoms with E-state index in [2.05, 4.69) is 10.4 Å². The highest BCUT2D eigenvalue weighted by Gasteiger charge is 2.11. The molecule has 0 bridgehead atoms. The Labute approximate surface area is 162 Å². The van der Waals surface area contributed by atoms with Gasteiger partial charge >= 0.3 is 0 Å². The SMILES string of the molecule is COc1ccc(-c2ccc(=O)n(CCNC(=O)c3ccccc3OC)n2)cc1. The molecule has 7 heteroatoms. The molecule has 1 amide bonds. The molecule has 1 heterocycles. The summed E-state index contributed by atoms with van der Waals surface area (Å²) >= 11 is 0. The molecule has 2 aromatic carbocycles. The van der Waals surface area contributed by atoms with Crippen molar-refractivity contribution in [2.24, 2.45) is 0 Å². The number of methoxy groups -OCH3 is 2. The number of ether oxygens (including phenoxy) is 2. The Kier molecular flexibility index (Phi) is 6.06. The molecule has 0 fully saturated rings. The molecule has 144 valence electrons. The number of hydrogen-bond donors (Lipinski definition) is 1. The monoisotopic (exact) mass is 379 g/mol. The summed E-state index contributed by atoms with van der Waals surface area (Å²) in [6, 6.07) is 17.5. The molecule has 1 N–H and O–H groups in total. The van der Waals surface area contributed by atoms with Crippen LogP contribution in [0.15, 0.2) is 65.5 Å². The van der Waals surface area contributed by atoms with Crippen molar-refractivity contribution in [1.29, 1.82) is 0 Å². The minimum absolute atomic E-state index is 0.233. The molecule has 0 aliphatic carbocycles. The van der Waals surface area contributed by atoms with E-state index in [1.54, 1.807) is 37.4 Å². The van der Waals surface area contributed by atoms with E-state index in [1.807, 2.05) is 24.3 Å². The first-order valence-corrected chi connectivity index (χ1v) is 8.76. The van der Waals surface area contributed by atoms with Gasteiger partial charge in [0.1, 0.15) is 11.5 Å². The fourth-order valence-electron chi connectivity index (χ4n) is 2.73. The Bertz CT molecular complexity index is 1010. The van der Waals surface area contributed by atoms with Crippen molar-refractivity contribution in [3.8, 4) is 22.8 Å². The lowest BCUT2D eigenvalue weighted by Gasteiger charge is -2.10. The number of amides is 1. The van der Waals surface area contributed by atoms with Crippen molar-refractivity contribution >= 4 is 5.91 Å². The number of nitrogens with zero attached hydrogens (tertiary/aromatic N) is 2. The fourth-order valence-corrected chi connectivity index (χ4v) is 2.73. The van der Waals surface area contributed by atoms with Gasteiger partial charge in [0.15, 0.2) is 0 Å². The second-order valence-electron chi connectivity index (χ2n) is 5.96. The highest BCUT2D eigenvalue weighted by molar-refractivity contribution is 5.96. The topological polar surface area (TPSA) is 82.5 Å². The molecule has 0 atom stereocenters. The summed E-state index contributed by atoms with van der Waals surface area (Å²) < 4.78 is 11.7. The lowest BCUT2D eigenvalue weighted by Crippen LogP contribution is -2.32. The summed E-state index contributed by atoms with van der Waals surface area (Å²) in [4.78, 5) is 24.4. The third kappa shape index (κ3) is 4.37. The average Bonchev–Trinajstić information content (AvgIpc) is 2.75. The van der Waals surface area contributed by atoms with Gasteiger partial charge in [-0.15, -0.1) is 0 Å². The number of para-hydroxylation sites is 1. The molecule has 0 saturated heterocycles. The standard InChI is InChI=1S/C21H21N3O4/c1-27-16-9-7-15(8-10-16)18-11-12-20(25)24(23-18)14-13-22-21(26)17-5-3-4-6-19(17)28-2/h3-12H,13-14H2,1-2H3,(H,22,26). The first-order chi connectivity index (χ1) is 13.6. The van der Waals surface area contributed by atoms with Crippen LogP contribution in [0.5, 0.6) is 11.5 Å². The lowest BCUT2D eigenvalue weighted by atomic mass is 10.1. The van der Waals surface area contributed by atoms with E-state index in [4.69, 9.17) is 9.47 Å². The van der Waals surface area contributed by atoms with Gasteiger partial charge in [0.05, 0.1) is 32.0 Å². The zero-order valence-electron chi connectivity index (χ0n) is 15.7. The van der Waals surface area contributed by atoms with Gasteiger partial charge < -0.3 is 14.8 Å². The zero-order chi connectivity index (χ0) is 19.9. The number of benzene rings is 2. The van der Waals surface area contributed by atoms with Gasteiger partial charge in [-0.1, -0.05) is 12.1 Å². The van der Waals surface area contributed by atoms with Crippen LogP contribution >= 0.6 is 0 Å². The van der Waals surface area contributed by atoms with Crippen molar-refractivity contribution in [1.82, 2.24) is 15.1 Å². The molecule has 0 saturated carbocycles. The van der Waals surface area contributed by atoms with Gasteiger partial charge in [0.25, 0.3) is 11.5 Å². The van der Waals surface area contributed by atoms with E-state index in [0.29, 0.717) is 17.0 Å². The molecule has 1 aromatic heterocycles. The highest BCUT2D eigenvalue weighted by atomic mass is 16.5. The van der Waals surface area contributed by atoms with E-state index < -0.39 is 0 Å². The van der Waals surface area contributed by atoms with Crippen molar-refractivity contribution in [2.45, 2.75) is 6.54 Å². The molecule has 0 aliphatic rings. The number of aromatic nitrogens is 2. The van der Waals surface area contributed by atoms with E-state index in [0.717, 1.165) is 11.3 Å². The van der Waals surface area contributed by atoms with Crippen LogP contribution in [-0.4, -0.2) is 36.5 Å². The maximum atomic E-state index is 12.3. The molecular formula is C21H21N3O4. The van der Waals surface area contributed by atoms with Crippen LogP contribution < -0.4 is 20.3 Å². The predicted molar refractivity (Wildman–Crippen MR) is 106 cm³/mol. The van der Waals surface area contributed by atoms with Gasteiger partial charge in [-0.05, 0) is 42.5 Å². The Balaban J connectivity index is 1.68. The predicted octanol–water partition coefficient (Wildman–Crippen LogP) is 2.36. The van der Waals surface area contributed by atoms with Crippen LogP contribution in [0.2, 0.25) is 0 Å². The lowest BCUT2D eigenvalue weighted by molar-refractivity contribution is 0.0948. The largest absolute Gasteiger partial charge is 0.497 e. The molecule has 0 spiro atoms. The Hall–Kier alpha value is -3.61. The van der Waals surface area contributed by atoms with Gasteiger partial charge in [-0.3, -0.25) is 9.59 Å². The van der Waals surface area contributed by atoms with E-state index in [1.165, 1.54) is 17.9 Å². The summed E-state index contributed by atoms with van der Waals surface area (Å²) in [6.45, 7) is 0.513. The molecule has 3 rings (SSSR count). The molecular weight excluding hydrogens is 358 g/mol. The van der Waals surface area contributed by atoms with Gasteiger partial charge in [0, 0.05) is 18.2 Å². The molecule has 28 heavy (non-hydrogen) atoms. The molecule has 3 aromatic rings. The fraction of sp³-hybridized carbons (Fsp3) is 0.190. The first kappa shape index (κ1) is 19.2. The van der Waals surface area contributed by atoms with Crippen molar-refractivity contribution in [2.75, 3.05) is 20.8 Å².